The molecule has 0 saturated carbocycles. The second-order valence-electron chi connectivity index (χ2n) is 5.96. The molecule has 2 aliphatic rings. The molecule has 104 valence electrons. The van der Waals surface area contributed by atoms with E-state index in [9.17, 15) is 0 Å². The van der Waals surface area contributed by atoms with Gasteiger partial charge in [0.2, 0.25) is 0 Å². The molecular weight excluding hydrogens is 250 g/mol. The Kier molecular flexibility index (Phi) is 4.84. The number of nitrogens with one attached hydrogen (secondary N) is 1. The van der Waals surface area contributed by atoms with Gasteiger partial charge in [-0.15, -0.1) is 0 Å². The van der Waals surface area contributed by atoms with Crippen LogP contribution >= 0.6 is 11.8 Å². The largest absolute Gasteiger partial charge is 0.310 e. The Balaban J connectivity index is 1.63. The Morgan fingerprint density at radius 3 is 2.79 bits per heavy atom. The van der Waals surface area contributed by atoms with Crippen LogP contribution in [0.3, 0.4) is 0 Å². The summed E-state index contributed by atoms with van der Waals surface area (Å²) in [5.41, 5.74) is 3.15. The van der Waals surface area contributed by atoms with Crippen molar-refractivity contribution in [2.75, 3.05) is 18.1 Å². The molecule has 3 rings (SSSR count). The van der Waals surface area contributed by atoms with E-state index in [1.165, 1.54) is 56.6 Å². The Hall–Kier alpha value is -0.470. The highest BCUT2D eigenvalue weighted by molar-refractivity contribution is 7.99. The molecule has 0 radical (unpaired) electrons. The van der Waals surface area contributed by atoms with Crippen LogP contribution in [0.25, 0.3) is 0 Å². The van der Waals surface area contributed by atoms with E-state index < -0.39 is 0 Å². The predicted molar refractivity (Wildman–Crippen MR) is 84.8 cm³/mol. The number of hydrogen-bond donors (Lipinski definition) is 1. The molecule has 0 aromatic heterocycles. The lowest BCUT2D eigenvalue weighted by molar-refractivity contribution is 0.397. The van der Waals surface area contributed by atoms with Crippen LogP contribution in [-0.4, -0.2) is 18.1 Å². The monoisotopic (exact) mass is 275 g/mol. The van der Waals surface area contributed by atoms with E-state index in [1.54, 1.807) is 11.1 Å². The molecule has 1 aromatic carbocycles. The van der Waals surface area contributed by atoms with Crippen LogP contribution in [-0.2, 0) is 6.42 Å². The molecule has 1 N–H and O–H groups in total. The van der Waals surface area contributed by atoms with Crippen LogP contribution in [0.5, 0.6) is 0 Å². The maximum absolute atomic E-state index is 3.88. The van der Waals surface area contributed by atoms with Crippen LogP contribution in [0.1, 0.15) is 49.3 Å². The van der Waals surface area contributed by atoms with Gasteiger partial charge in [0.25, 0.3) is 0 Å². The van der Waals surface area contributed by atoms with E-state index in [0.717, 1.165) is 5.92 Å². The molecule has 0 bridgehead atoms. The summed E-state index contributed by atoms with van der Waals surface area (Å²) < 4.78 is 0. The van der Waals surface area contributed by atoms with Crippen molar-refractivity contribution in [3.63, 3.8) is 0 Å². The fourth-order valence-corrected chi connectivity index (χ4v) is 4.60. The lowest BCUT2D eigenvalue weighted by atomic mass is 9.97. The summed E-state index contributed by atoms with van der Waals surface area (Å²) >= 11 is 2.12. The molecule has 1 aliphatic carbocycles. The number of thioether (sulfide) groups is 1. The van der Waals surface area contributed by atoms with Gasteiger partial charge in [0, 0.05) is 6.04 Å². The van der Waals surface area contributed by atoms with Crippen LogP contribution in [0.4, 0.5) is 0 Å². The highest BCUT2D eigenvalue weighted by Crippen LogP contribution is 2.29. The van der Waals surface area contributed by atoms with E-state index in [0.29, 0.717) is 6.04 Å². The Morgan fingerprint density at radius 2 is 1.89 bits per heavy atom. The number of rotatable bonds is 3. The van der Waals surface area contributed by atoms with Gasteiger partial charge < -0.3 is 5.32 Å². The standard InChI is InChI=1S/C17H25NS/c1-3-7-16-15(5-1)6-2-4-8-17(16)18-13-14-9-11-19-12-10-14/h1,3,5,7,14,17-18H,2,4,6,8-13H2. The molecule has 1 aliphatic heterocycles. The van der Waals surface area contributed by atoms with E-state index in [-0.39, 0.29) is 0 Å². The Labute approximate surface area is 121 Å². The lowest BCUT2D eigenvalue weighted by Crippen LogP contribution is -2.29. The molecule has 1 unspecified atom stereocenters. The van der Waals surface area contributed by atoms with E-state index >= 15 is 0 Å². The summed E-state index contributed by atoms with van der Waals surface area (Å²) in [4.78, 5) is 0. The normalized spacial score (nSPS) is 24.7. The summed E-state index contributed by atoms with van der Waals surface area (Å²) in [5, 5.41) is 3.88. The minimum Gasteiger partial charge on any atom is -0.310 e. The van der Waals surface area contributed by atoms with Crippen molar-refractivity contribution in [2.24, 2.45) is 5.92 Å². The van der Waals surface area contributed by atoms with Gasteiger partial charge in [-0.1, -0.05) is 30.7 Å². The van der Waals surface area contributed by atoms with Crippen LogP contribution in [0, 0.1) is 5.92 Å². The minimum absolute atomic E-state index is 0.605. The summed E-state index contributed by atoms with van der Waals surface area (Å²) in [6, 6.07) is 9.67. The first-order chi connectivity index (χ1) is 9.43. The van der Waals surface area contributed by atoms with Crippen LogP contribution in [0.2, 0.25) is 0 Å². The third-order valence-corrected chi connectivity index (χ3v) is 5.66. The van der Waals surface area contributed by atoms with Gasteiger partial charge in [-0.2, -0.15) is 11.8 Å². The zero-order chi connectivity index (χ0) is 12.9. The van der Waals surface area contributed by atoms with Crippen molar-refractivity contribution in [1.29, 1.82) is 0 Å². The number of benzene rings is 1. The molecule has 19 heavy (non-hydrogen) atoms. The van der Waals surface area contributed by atoms with Crippen molar-refractivity contribution in [3.8, 4) is 0 Å². The zero-order valence-corrected chi connectivity index (χ0v) is 12.6. The topological polar surface area (TPSA) is 12.0 Å². The number of fused-ring (bicyclic) bond motifs is 1. The average Bonchev–Trinajstić information content (AvgIpc) is 2.68. The Morgan fingerprint density at radius 1 is 1.05 bits per heavy atom. The van der Waals surface area contributed by atoms with Crippen molar-refractivity contribution < 1.29 is 0 Å². The Bertz CT molecular complexity index is 398. The van der Waals surface area contributed by atoms with Gasteiger partial charge in [-0.25, -0.2) is 0 Å². The highest BCUT2D eigenvalue weighted by Gasteiger charge is 2.20. The average molecular weight is 275 g/mol. The fraction of sp³-hybridized carbons (Fsp3) is 0.647. The SMILES string of the molecule is c1ccc2c(c1)CCCCC2NCC1CCSCC1. The number of aryl methyl sites for hydroxylation is 1. The lowest BCUT2D eigenvalue weighted by Gasteiger charge is -2.26. The van der Waals surface area contributed by atoms with Gasteiger partial charge in [-0.3, -0.25) is 0 Å². The maximum atomic E-state index is 3.88. The van der Waals surface area contributed by atoms with E-state index in [1.807, 2.05) is 0 Å². The van der Waals surface area contributed by atoms with Crippen molar-refractivity contribution in [1.82, 2.24) is 5.32 Å². The third-order valence-electron chi connectivity index (χ3n) is 4.61. The molecule has 1 atom stereocenters. The summed E-state index contributed by atoms with van der Waals surface area (Å²) in [7, 11) is 0. The van der Waals surface area contributed by atoms with E-state index in [2.05, 4.69) is 41.3 Å². The van der Waals surface area contributed by atoms with Gasteiger partial charge >= 0.3 is 0 Å². The molecule has 1 fully saturated rings. The smallest absolute Gasteiger partial charge is 0.0323 e. The second-order valence-corrected chi connectivity index (χ2v) is 7.19. The van der Waals surface area contributed by atoms with Gasteiger partial charge in [-0.05, 0) is 67.2 Å². The first kappa shape index (κ1) is 13.5. The molecular formula is C17H25NS. The van der Waals surface area contributed by atoms with E-state index in [4.69, 9.17) is 0 Å². The molecule has 1 heterocycles. The first-order valence-corrected chi connectivity index (χ1v) is 8.98. The fourth-order valence-electron chi connectivity index (χ4n) is 3.39. The summed E-state index contributed by atoms with van der Waals surface area (Å²) in [6.45, 7) is 1.22. The van der Waals surface area contributed by atoms with Crippen LogP contribution in [0.15, 0.2) is 24.3 Å². The van der Waals surface area contributed by atoms with Crippen molar-refractivity contribution in [2.45, 2.75) is 44.6 Å². The zero-order valence-electron chi connectivity index (χ0n) is 11.7. The molecule has 0 amide bonds. The quantitative estimate of drug-likeness (QED) is 0.830. The number of hydrogen-bond acceptors (Lipinski definition) is 2. The van der Waals surface area contributed by atoms with Crippen molar-refractivity contribution in [3.05, 3.63) is 35.4 Å². The van der Waals surface area contributed by atoms with Gasteiger partial charge in [0.1, 0.15) is 0 Å². The minimum atomic E-state index is 0.605. The summed E-state index contributed by atoms with van der Waals surface area (Å²) in [5.74, 6) is 3.65. The maximum Gasteiger partial charge on any atom is 0.0323 e. The first-order valence-electron chi connectivity index (χ1n) is 7.82. The summed E-state index contributed by atoms with van der Waals surface area (Å²) in [6.07, 6.45) is 8.13. The van der Waals surface area contributed by atoms with Crippen LogP contribution < -0.4 is 5.32 Å². The molecule has 0 spiro atoms. The van der Waals surface area contributed by atoms with Gasteiger partial charge in [0.15, 0.2) is 0 Å². The molecule has 1 nitrogen and oxygen atoms in total. The molecule has 1 saturated heterocycles. The van der Waals surface area contributed by atoms with Gasteiger partial charge in [0.05, 0.1) is 0 Å². The third kappa shape index (κ3) is 3.55. The molecule has 1 aromatic rings. The predicted octanol–water partition coefficient (Wildman–Crippen LogP) is 4.19. The molecule has 2 heteroatoms. The highest BCUT2D eigenvalue weighted by atomic mass is 32.2. The second kappa shape index (κ2) is 6.81. The van der Waals surface area contributed by atoms with Crippen molar-refractivity contribution >= 4 is 11.8 Å².